The Morgan fingerprint density at radius 3 is 1.73 bits per heavy atom. The second-order valence-corrected chi connectivity index (χ2v) is 10.9. The lowest BCUT2D eigenvalue weighted by Crippen LogP contribution is -2.30. The van der Waals surface area contributed by atoms with Gasteiger partial charge in [-0.15, -0.1) is 0 Å². The van der Waals surface area contributed by atoms with Crippen molar-refractivity contribution in [1.29, 1.82) is 0 Å². The van der Waals surface area contributed by atoms with Crippen LogP contribution in [0.5, 0.6) is 17.2 Å². The van der Waals surface area contributed by atoms with Crippen molar-refractivity contribution < 1.29 is 19.0 Å². The summed E-state index contributed by atoms with van der Waals surface area (Å²) >= 11 is 0. The van der Waals surface area contributed by atoms with E-state index in [9.17, 15) is 4.79 Å². The maximum absolute atomic E-state index is 14.4. The Bertz CT molecular complexity index is 1830. The molecule has 45 heavy (non-hydrogen) atoms. The van der Waals surface area contributed by atoms with Gasteiger partial charge in [-0.25, -0.2) is 0 Å². The summed E-state index contributed by atoms with van der Waals surface area (Å²) in [4.78, 5) is 16.2. The minimum absolute atomic E-state index is 0.0590. The maximum Gasteiger partial charge on any atom is 0.255 e. The van der Waals surface area contributed by atoms with Crippen LogP contribution in [-0.4, -0.2) is 17.9 Å². The zero-order chi connectivity index (χ0) is 30.8. The van der Waals surface area contributed by atoms with E-state index in [2.05, 4.69) is 0 Å². The molecule has 5 heteroatoms. The number of nitrogens with zero attached hydrogens (tertiary/aromatic N) is 1. The summed E-state index contributed by atoms with van der Waals surface area (Å²) in [5.74, 6) is 2.20. The number of hydrogen-bond donors (Lipinski definition) is 0. The highest BCUT2D eigenvalue weighted by atomic mass is 16.5. The first-order valence-corrected chi connectivity index (χ1v) is 15.0. The summed E-state index contributed by atoms with van der Waals surface area (Å²) in [5.41, 5.74) is 4.82. The topological polar surface area (TPSA) is 48.0 Å². The lowest BCUT2D eigenvalue weighted by atomic mass is 10.0. The van der Waals surface area contributed by atoms with Gasteiger partial charge in [0.1, 0.15) is 30.5 Å². The molecule has 224 valence electrons. The SMILES string of the molecule is COc1ccc(CN(Cc2ccccc2)C(=O)c2cccc3cccc(OCc4ccc(OCc5ccccc5)cc4)c23)cc1. The standard InChI is InChI=1S/C40H35NO4/c1-43-35-22-18-31(19-23-35)27-41(26-30-10-4-2-5-11-30)40(42)37-16-8-14-34-15-9-17-38(39(34)37)45-29-33-20-24-36(25-21-33)44-28-32-12-6-3-7-13-32/h2-25H,26-29H2,1H3. The molecule has 0 aliphatic heterocycles. The molecule has 6 aromatic carbocycles. The Kier molecular flexibility index (Phi) is 9.37. The van der Waals surface area contributed by atoms with Crippen molar-refractivity contribution in [3.05, 3.63) is 173 Å². The molecule has 0 fully saturated rings. The summed E-state index contributed by atoms with van der Waals surface area (Å²) in [6.45, 7) is 1.81. The zero-order valence-electron chi connectivity index (χ0n) is 25.3. The molecule has 0 aliphatic carbocycles. The first-order chi connectivity index (χ1) is 22.2. The largest absolute Gasteiger partial charge is 0.497 e. The molecule has 1 amide bonds. The molecule has 6 rings (SSSR count). The van der Waals surface area contributed by atoms with Gasteiger partial charge in [0.05, 0.1) is 12.7 Å². The predicted octanol–water partition coefficient (Wildman–Crippen LogP) is 8.85. The minimum Gasteiger partial charge on any atom is -0.497 e. The normalized spacial score (nSPS) is 10.8. The number of carbonyl (C=O) groups excluding carboxylic acids is 1. The van der Waals surface area contributed by atoms with Gasteiger partial charge in [-0.2, -0.15) is 0 Å². The van der Waals surface area contributed by atoms with Gasteiger partial charge in [-0.3, -0.25) is 4.79 Å². The van der Waals surface area contributed by atoms with Crippen LogP contribution in [0.3, 0.4) is 0 Å². The fourth-order valence-corrected chi connectivity index (χ4v) is 5.31. The second-order valence-electron chi connectivity index (χ2n) is 10.9. The van der Waals surface area contributed by atoms with E-state index in [1.807, 2.05) is 150 Å². The van der Waals surface area contributed by atoms with Gasteiger partial charge in [0.15, 0.2) is 0 Å². The summed E-state index contributed by atoms with van der Waals surface area (Å²) in [5, 5.41) is 1.76. The molecule has 0 saturated carbocycles. The van der Waals surface area contributed by atoms with Gasteiger partial charge in [0.25, 0.3) is 5.91 Å². The van der Waals surface area contributed by atoms with Crippen LogP contribution >= 0.6 is 0 Å². The van der Waals surface area contributed by atoms with E-state index in [4.69, 9.17) is 14.2 Å². The molecule has 0 radical (unpaired) electrons. The molecule has 5 nitrogen and oxygen atoms in total. The first kappa shape index (κ1) is 29.5. The van der Waals surface area contributed by atoms with E-state index < -0.39 is 0 Å². The lowest BCUT2D eigenvalue weighted by Gasteiger charge is -2.24. The van der Waals surface area contributed by atoms with Crippen molar-refractivity contribution in [3.63, 3.8) is 0 Å². The molecule has 0 aliphatic rings. The van der Waals surface area contributed by atoms with Crippen LogP contribution in [0.4, 0.5) is 0 Å². The Morgan fingerprint density at radius 2 is 1.07 bits per heavy atom. The molecular weight excluding hydrogens is 558 g/mol. The van der Waals surface area contributed by atoms with E-state index in [0.717, 1.165) is 44.5 Å². The molecular formula is C40H35NO4. The van der Waals surface area contributed by atoms with Crippen LogP contribution in [0.25, 0.3) is 10.8 Å². The number of fused-ring (bicyclic) bond motifs is 1. The number of amides is 1. The van der Waals surface area contributed by atoms with Crippen molar-refractivity contribution in [2.75, 3.05) is 7.11 Å². The molecule has 0 N–H and O–H groups in total. The molecule has 0 aromatic heterocycles. The third-order valence-electron chi connectivity index (χ3n) is 7.70. The third kappa shape index (κ3) is 7.51. The number of hydrogen-bond acceptors (Lipinski definition) is 4. The molecule has 0 saturated heterocycles. The van der Waals surface area contributed by atoms with Crippen molar-refractivity contribution in [2.45, 2.75) is 26.3 Å². The van der Waals surface area contributed by atoms with Crippen LogP contribution in [0.2, 0.25) is 0 Å². The van der Waals surface area contributed by atoms with Gasteiger partial charge in [-0.1, -0.05) is 109 Å². The van der Waals surface area contributed by atoms with E-state index in [0.29, 0.717) is 37.6 Å². The number of rotatable bonds is 12. The van der Waals surface area contributed by atoms with Crippen molar-refractivity contribution in [1.82, 2.24) is 4.90 Å². The summed E-state index contributed by atoms with van der Waals surface area (Å²) in [7, 11) is 1.65. The van der Waals surface area contributed by atoms with E-state index >= 15 is 0 Å². The molecule has 0 heterocycles. The Balaban J connectivity index is 1.23. The molecule has 6 aromatic rings. The van der Waals surface area contributed by atoms with E-state index in [1.165, 1.54) is 0 Å². The molecule has 0 atom stereocenters. The fourth-order valence-electron chi connectivity index (χ4n) is 5.31. The highest BCUT2D eigenvalue weighted by molar-refractivity contribution is 6.09. The average molecular weight is 594 g/mol. The van der Waals surface area contributed by atoms with Gasteiger partial charge >= 0.3 is 0 Å². The summed E-state index contributed by atoms with van der Waals surface area (Å²) in [6.07, 6.45) is 0. The van der Waals surface area contributed by atoms with Crippen LogP contribution in [0.1, 0.15) is 32.6 Å². The molecule has 0 unspecified atom stereocenters. The number of ether oxygens (including phenoxy) is 3. The Morgan fingerprint density at radius 1 is 0.533 bits per heavy atom. The zero-order valence-corrected chi connectivity index (χ0v) is 25.3. The number of methoxy groups -OCH3 is 1. The minimum atomic E-state index is -0.0590. The molecule has 0 spiro atoms. The highest BCUT2D eigenvalue weighted by Gasteiger charge is 2.21. The third-order valence-corrected chi connectivity index (χ3v) is 7.70. The Labute approximate surface area is 264 Å². The van der Waals surface area contributed by atoms with Crippen LogP contribution in [0, 0.1) is 0 Å². The van der Waals surface area contributed by atoms with Gasteiger partial charge < -0.3 is 19.1 Å². The first-order valence-electron chi connectivity index (χ1n) is 15.0. The van der Waals surface area contributed by atoms with Crippen LogP contribution < -0.4 is 14.2 Å². The smallest absolute Gasteiger partial charge is 0.255 e. The van der Waals surface area contributed by atoms with Crippen LogP contribution in [-0.2, 0) is 26.3 Å². The highest BCUT2D eigenvalue weighted by Crippen LogP contribution is 2.31. The van der Waals surface area contributed by atoms with Crippen molar-refractivity contribution >= 4 is 16.7 Å². The average Bonchev–Trinajstić information content (AvgIpc) is 3.10. The predicted molar refractivity (Wildman–Crippen MR) is 179 cm³/mol. The van der Waals surface area contributed by atoms with Crippen LogP contribution in [0.15, 0.2) is 146 Å². The number of carbonyl (C=O) groups is 1. The summed E-state index contributed by atoms with van der Waals surface area (Å²) in [6, 6.07) is 47.7. The van der Waals surface area contributed by atoms with E-state index in [1.54, 1.807) is 7.11 Å². The summed E-state index contributed by atoms with van der Waals surface area (Å²) < 4.78 is 17.7. The fraction of sp³-hybridized carbons (Fsp3) is 0.125. The molecule has 0 bridgehead atoms. The number of benzene rings is 6. The monoisotopic (exact) mass is 593 g/mol. The van der Waals surface area contributed by atoms with Crippen molar-refractivity contribution in [3.8, 4) is 17.2 Å². The second kappa shape index (κ2) is 14.3. The maximum atomic E-state index is 14.4. The van der Waals surface area contributed by atoms with Gasteiger partial charge in [-0.05, 0) is 64.0 Å². The lowest BCUT2D eigenvalue weighted by molar-refractivity contribution is 0.0731. The Hall–Kier alpha value is -5.55. The van der Waals surface area contributed by atoms with E-state index in [-0.39, 0.29) is 5.91 Å². The van der Waals surface area contributed by atoms with Crippen molar-refractivity contribution in [2.24, 2.45) is 0 Å². The van der Waals surface area contributed by atoms with Gasteiger partial charge in [0.2, 0.25) is 0 Å². The quantitative estimate of drug-likeness (QED) is 0.142. The van der Waals surface area contributed by atoms with Gasteiger partial charge in [0, 0.05) is 18.5 Å².